The average molecular weight is 493 g/mol. The molecule has 4 rings (SSSR count). The first-order valence-electron chi connectivity index (χ1n) is 9.83. The van der Waals surface area contributed by atoms with Gasteiger partial charge in [-0.1, -0.05) is 47.1 Å². The number of nitrogens with one attached hydrogen (secondary N) is 2. The van der Waals surface area contributed by atoms with Gasteiger partial charge in [-0.3, -0.25) is 4.79 Å². The molecule has 0 saturated heterocycles. The maximum absolute atomic E-state index is 13.8. The molecule has 1 aliphatic heterocycles. The third-order valence-corrected chi connectivity index (χ3v) is 5.84. The summed E-state index contributed by atoms with van der Waals surface area (Å²) < 4.78 is 43.1. The molecule has 0 fully saturated rings. The molecule has 0 spiro atoms. The Morgan fingerprint density at radius 3 is 2.48 bits per heavy atom. The molecule has 2 atom stereocenters. The Morgan fingerprint density at radius 1 is 1.19 bits per heavy atom. The minimum atomic E-state index is -4.50. The Balaban J connectivity index is 1.61. The molecule has 3 aromatic rings. The summed E-state index contributed by atoms with van der Waals surface area (Å²) >= 11 is 3.33. The van der Waals surface area contributed by atoms with Gasteiger partial charge < -0.3 is 10.6 Å². The number of fused-ring (bicyclic) bond motifs is 1. The standard InChI is InChI=1S/C22H20BrF3N4O/c1-2-13-3-9-16(10-4-13)27-21(31)18-12-20-28-17(14-5-7-15(23)8-6-14)11-19(22(24,25)26)30(20)29-18/h3-10,12,17,19,28H,2,11H2,1H3,(H,27,31)/t17-,19+/m0/s1. The highest BCUT2D eigenvalue weighted by molar-refractivity contribution is 9.10. The molecule has 1 amide bonds. The van der Waals surface area contributed by atoms with Crippen LogP contribution in [0.15, 0.2) is 59.1 Å². The lowest BCUT2D eigenvalue weighted by atomic mass is 9.97. The first kappa shape index (κ1) is 21.4. The highest BCUT2D eigenvalue weighted by Gasteiger charge is 2.46. The van der Waals surface area contributed by atoms with Gasteiger partial charge in [-0.05, 0) is 41.8 Å². The summed E-state index contributed by atoms with van der Waals surface area (Å²) in [4.78, 5) is 12.6. The molecule has 2 N–H and O–H groups in total. The van der Waals surface area contributed by atoms with Crippen LogP contribution in [-0.4, -0.2) is 21.9 Å². The molecular weight excluding hydrogens is 473 g/mol. The van der Waals surface area contributed by atoms with Crippen LogP contribution in [-0.2, 0) is 6.42 Å². The van der Waals surface area contributed by atoms with E-state index in [4.69, 9.17) is 0 Å². The zero-order chi connectivity index (χ0) is 22.2. The van der Waals surface area contributed by atoms with E-state index in [0.29, 0.717) is 5.69 Å². The Hall–Kier alpha value is -2.81. The minimum Gasteiger partial charge on any atom is -0.363 e. The van der Waals surface area contributed by atoms with E-state index in [1.165, 1.54) is 6.07 Å². The molecule has 1 aliphatic rings. The molecule has 0 aliphatic carbocycles. The van der Waals surface area contributed by atoms with Gasteiger partial charge in [0, 0.05) is 22.6 Å². The van der Waals surface area contributed by atoms with Gasteiger partial charge in [-0.15, -0.1) is 0 Å². The average Bonchev–Trinajstić information content (AvgIpc) is 3.17. The molecular formula is C22H20BrF3N4O. The fourth-order valence-corrected chi connectivity index (χ4v) is 3.88. The highest BCUT2D eigenvalue weighted by atomic mass is 79.9. The summed E-state index contributed by atoms with van der Waals surface area (Å²) in [6.07, 6.45) is -3.86. The van der Waals surface area contributed by atoms with Gasteiger partial charge in [0.25, 0.3) is 5.91 Å². The van der Waals surface area contributed by atoms with Gasteiger partial charge in [0.1, 0.15) is 5.82 Å². The van der Waals surface area contributed by atoms with E-state index in [-0.39, 0.29) is 17.9 Å². The number of halogens is 4. The number of carbonyl (C=O) groups excluding carboxylic acids is 1. The Morgan fingerprint density at radius 2 is 1.87 bits per heavy atom. The molecule has 2 heterocycles. The van der Waals surface area contributed by atoms with Gasteiger partial charge in [0.2, 0.25) is 0 Å². The maximum Gasteiger partial charge on any atom is 0.410 e. The van der Waals surface area contributed by atoms with Crippen LogP contribution in [0.5, 0.6) is 0 Å². The van der Waals surface area contributed by atoms with Gasteiger partial charge >= 0.3 is 6.18 Å². The second kappa shape index (κ2) is 8.37. The largest absolute Gasteiger partial charge is 0.410 e. The third-order valence-electron chi connectivity index (χ3n) is 5.31. The Kier molecular flexibility index (Phi) is 5.79. The number of anilines is 2. The van der Waals surface area contributed by atoms with Crippen LogP contribution in [0.25, 0.3) is 0 Å². The number of aromatic nitrogens is 2. The molecule has 9 heteroatoms. The summed E-state index contributed by atoms with van der Waals surface area (Å²) in [6.45, 7) is 2.02. The second-order valence-corrected chi connectivity index (χ2v) is 8.32. The van der Waals surface area contributed by atoms with Crippen molar-refractivity contribution in [1.29, 1.82) is 0 Å². The molecule has 162 valence electrons. The van der Waals surface area contributed by atoms with E-state index in [9.17, 15) is 18.0 Å². The fraction of sp³-hybridized carbons (Fsp3) is 0.273. The summed E-state index contributed by atoms with van der Waals surface area (Å²) in [6, 6.07) is 13.4. The maximum atomic E-state index is 13.8. The van der Waals surface area contributed by atoms with Crippen molar-refractivity contribution in [3.05, 3.63) is 75.9 Å². The number of nitrogens with zero attached hydrogens (tertiary/aromatic N) is 2. The number of alkyl halides is 3. The van der Waals surface area contributed by atoms with Crippen molar-refractivity contribution in [2.24, 2.45) is 0 Å². The number of aryl methyl sites for hydroxylation is 1. The molecule has 0 bridgehead atoms. The lowest BCUT2D eigenvalue weighted by Gasteiger charge is -2.33. The summed E-state index contributed by atoms with van der Waals surface area (Å²) in [5, 5.41) is 9.77. The van der Waals surface area contributed by atoms with E-state index >= 15 is 0 Å². The zero-order valence-electron chi connectivity index (χ0n) is 16.6. The lowest BCUT2D eigenvalue weighted by molar-refractivity contribution is -0.173. The number of carbonyl (C=O) groups is 1. The van der Waals surface area contributed by atoms with Crippen LogP contribution in [0, 0.1) is 0 Å². The molecule has 5 nitrogen and oxygen atoms in total. The molecule has 0 unspecified atom stereocenters. The van der Waals surface area contributed by atoms with Crippen LogP contribution in [0.3, 0.4) is 0 Å². The van der Waals surface area contributed by atoms with Crippen molar-refractivity contribution in [1.82, 2.24) is 9.78 Å². The van der Waals surface area contributed by atoms with E-state index in [2.05, 4.69) is 31.7 Å². The van der Waals surface area contributed by atoms with Crippen molar-refractivity contribution in [3.63, 3.8) is 0 Å². The molecule has 0 radical (unpaired) electrons. The Labute approximate surface area is 185 Å². The SMILES string of the molecule is CCc1ccc(NC(=O)c2cc3n(n2)[C@@H](C(F)(F)F)C[C@@H](c2ccc(Br)cc2)N3)cc1. The topological polar surface area (TPSA) is 59.0 Å². The smallest absolute Gasteiger partial charge is 0.363 e. The van der Waals surface area contributed by atoms with E-state index in [1.54, 1.807) is 36.4 Å². The van der Waals surface area contributed by atoms with Gasteiger partial charge in [0.05, 0.1) is 6.04 Å². The number of rotatable bonds is 4. The highest BCUT2D eigenvalue weighted by Crippen LogP contribution is 2.43. The number of hydrogen-bond donors (Lipinski definition) is 2. The predicted molar refractivity (Wildman–Crippen MR) is 116 cm³/mol. The normalized spacial score (nSPS) is 18.2. The van der Waals surface area contributed by atoms with Gasteiger partial charge in [-0.25, -0.2) is 4.68 Å². The number of amides is 1. The lowest BCUT2D eigenvalue weighted by Crippen LogP contribution is -2.35. The number of hydrogen-bond acceptors (Lipinski definition) is 3. The second-order valence-electron chi connectivity index (χ2n) is 7.41. The summed E-state index contributed by atoms with van der Waals surface area (Å²) in [5.74, 6) is -0.401. The zero-order valence-corrected chi connectivity index (χ0v) is 18.2. The third kappa shape index (κ3) is 4.61. The number of benzene rings is 2. The quantitative estimate of drug-likeness (QED) is 0.461. The predicted octanol–water partition coefficient (Wildman–Crippen LogP) is 6.12. The van der Waals surface area contributed by atoms with Crippen molar-refractivity contribution >= 4 is 33.3 Å². The molecule has 2 aromatic carbocycles. The van der Waals surface area contributed by atoms with E-state index in [0.717, 1.165) is 26.7 Å². The van der Waals surface area contributed by atoms with Crippen LogP contribution in [0.4, 0.5) is 24.7 Å². The van der Waals surface area contributed by atoms with Crippen molar-refractivity contribution < 1.29 is 18.0 Å². The van der Waals surface area contributed by atoms with Crippen molar-refractivity contribution in [2.45, 2.75) is 38.0 Å². The van der Waals surface area contributed by atoms with E-state index in [1.807, 2.05) is 19.1 Å². The van der Waals surface area contributed by atoms with Gasteiger partial charge in [-0.2, -0.15) is 18.3 Å². The summed E-state index contributed by atoms with van der Waals surface area (Å²) in [7, 11) is 0. The fourth-order valence-electron chi connectivity index (χ4n) is 3.62. The van der Waals surface area contributed by atoms with E-state index < -0.39 is 24.2 Å². The molecule has 0 saturated carbocycles. The Bertz CT molecular complexity index is 1080. The monoisotopic (exact) mass is 492 g/mol. The van der Waals surface area contributed by atoms with Crippen molar-refractivity contribution in [3.8, 4) is 0 Å². The van der Waals surface area contributed by atoms with Gasteiger partial charge in [0.15, 0.2) is 11.7 Å². The van der Waals surface area contributed by atoms with Crippen LogP contribution in [0.1, 0.15) is 47.0 Å². The molecule has 31 heavy (non-hydrogen) atoms. The first-order chi connectivity index (χ1) is 14.7. The van der Waals surface area contributed by atoms with Crippen molar-refractivity contribution in [2.75, 3.05) is 10.6 Å². The van der Waals surface area contributed by atoms with Crippen LogP contribution in [0.2, 0.25) is 0 Å². The molecule has 1 aromatic heterocycles. The first-order valence-corrected chi connectivity index (χ1v) is 10.6. The van der Waals surface area contributed by atoms with Crippen LogP contribution >= 0.6 is 15.9 Å². The summed E-state index contributed by atoms with van der Waals surface area (Å²) in [5.41, 5.74) is 2.33. The minimum absolute atomic E-state index is 0.0761. The van der Waals surface area contributed by atoms with Crippen LogP contribution < -0.4 is 10.6 Å².